The summed E-state index contributed by atoms with van der Waals surface area (Å²) in [4.78, 5) is 28.8. The van der Waals surface area contributed by atoms with E-state index in [1.807, 2.05) is 0 Å². The van der Waals surface area contributed by atoms with Crippen molar-refractivity contribution in [3.63, 3.8) is 0 Å². The summed E-state index contributed by atoms with van der Waals surface area (Å²) in [6.07, 6.45) is 3.85. The molecule has 0 aliphatic heterocycles. The van der Waals surface area contributed by atoms with Gasteiger partial charge in [-0.15, -0.1) is 0 Å². The van der Waals surface area contributed by atoms with Crippen LogP contribution in [-0.2, 0) is 26.2 Å². The minimum absolute atomic E-state index is 0.0166. The summed E-state index contributed by atoms with van der Waals surface area (Å²) >= 11 is 18.7. The molecule has 7 nitrogen and oxygen atoms in total. The molecule has 1 atom stereocenters. The van der Waals surface area contributed by atoms with Gasteiger partial charge in [0.15, 0.2) is 0 Å². The zero-order chi connectivity index (χ0) is 29.7. The van der Waals surface area contributed by atoms with Gasteiger partial charge < -0.3 is 10.2 Å². The van der Waals surface area contributed by atoms with Crippen molar-refractivity contribution in [2.75, 3.05) is 10.8 Å². The number of anilines is 1. The first-order valence-electron chi connectivity index (χ1n) is 13.4. The molecule has 218 valence electrons. The molecule has 0 aromatic heterocycles. The minimum atomic E-state index is -4.18. The van der Waals surface area contributed by atoms with Crippen molar-refractivity contribution in [1.29, 1.82) is 0 Å². The first kappa shape index (κ1) is 31.2. The maximum atomic E-state index is 14.1. The molecule has 11 heteroatoms. The predicted octanol–water partition coefficient (Wildman–Crippen LogP) is 6.63. The number of rotatable bonds is 10. The van der Waals surface area contributed by atoms with Gasteiger partial charge in [-0.25, -0.2) is 8.42 Å². The smallest absolute Gasteiger partial charge is 0.264 e. The van der Waals surface area contributed by atoms with Gasteiger partial charge >= 0.3 is 0 Å². The fourth-order valence-corrected chi connectivity index (χ4v) is 6.89. The highest BCUT2D eigenvalue weighted by molar-refractivity contribution is 7.92. The Morgan fingerprint density at radius 1 is 0.927 bits per heavy atom. The zero-order valence-electron chi connectivity index (χ0n) is 22.8. The maximum absolute atomic E-state index is 14.1. The van der Waals surface area contributed by atoms with E-state index in [0.717, 1.165) is 30.0 Å². The lowest BCUT2D eigenvalue weighted by Gasteiger charge is -2.33. The molecule has 0 radical (unpaired) electrons. The van der Waals surface area contributed by atoms with E-state index >= 15 is 0 Å². The Balaban J connectivity index is 1.72. The molecule has 1 fully saturated rings. The molecule has 0 heterocycles. The number of halogens is 3. The van der Waals surface area contributed by atoms with Gasteiger partial charge in [0.2, 0.25) is 11.8 Å². The summed E-state index contributed by atoms with van der Waals surface area (Å²) in [5, 5.41) is 4.08. The van der Waals surface area contributed by atoms with Gasteiger partial charge in [-0.1, -0.05) is 78.0 Å². The van der Waals surface area contributed by atoms with Gasteiger partial charge in [0.25, 0.3) is 10.0 Å². The Morgan fingerprint density at radius 2 is 1.61 bits per heavy atom. The Hall–Kier alpha value is -2.78. The van der Waals surface area contributed by atoms with Crippen LogP contribution in [0.4, 0.5) is 5.69 Å². The van der Waals surface area contributed by atoms with Crippen molar-refractivity contribution in [3.8, 4) is 0 Å². The molecular weight excluding hydrogens is 605 g/mol. The molecule has 0 unspecified atom stereocenters. The molecule has 4 rings (SSSR count). The van der Waals surface area contributed by atoms with Crippen molar-refractivity contribution in [2.45, 2.75) is 63.1 Å². The highest BCUT2D eigenvalue weighted by Gasteiger charge is 2.34. The number of amides is 2. The minimum Gasteiger partial charge on any atom is -0.352 e. The lowest BCUT2D eigenvalue weighted by atomic mass is 10.1. The van der Waals surface area contributed by atoms with Crippen molar-refractivity contribution in [2.24, 2.45) is 0 Å². The first-order chi connectivity index (χ1) is 19.5. The van der Waals surface area contributed by atoms with E-state index in [9.17, 15) is 18.0 Å². The van der Waals surface area contributed by atoms with Crippen LogP contribution in [0.15, 0.2) is 71.6 Å². The number of nitrogens with one attached hydrogen (secondary N) is 1. The largest absolute Gasteiger partial charge is 0.352 e. The number of sulfonamides is 1. The van der Waals surface area contributed by atoms with Gasteiger partial charge in [-0.05, 0) is 74.2 Å². The zero-order valence-corrected chi connectivity index (χ0v) is 25.9. The predicted molar refractivity (Wildman–Crippen MR) is 164 cm³/mol. The van der Waals surface area contributed by atoms with Crippen molar-refractivity contribution in [1.82, 2.24) is 10.2 Å². The number of carbonyl (C=O) groups is 2. The van der Waals surface area contributed by atoms with Crippen molar-refractivity contribution in [3.05, 3.63) is 92.9 Å². The molecule has 0 spiro atoms. The second kappa shape index (κ2) is 13.5. The molecular formula is C30H32Cl3N3O4S. The highest BCUT2D eigenvalue weighted by atomic mass is 35.5. The van der Waals surface area contributed by atoms with Gasteiger partial charge in [0, 0.05) is 17.6 Å². The highest BCUT2D eigenvalue weighted by Crippen LogP contribution is 2.31. The van der Waals surface area contributed by atoms with Crippen LogP contribution in [0.25, 0.3) is 0 Å². The lowest BCUT2D eigenvalue weighted by Crippen LogP contribution is -2.52. The fraction of sp³-hybridized carbons (Fsp3) is 0.333. The van der Waals surface area contributed by atoms with E-state index < -0.39 is 28.5 Å². The molecule has 3 aromatic carbocycles. The third-order valence-electron chi connectivity index (χ3n) is 7.32. The van der Waals surface area contributed by atoms with Crippen molar-refractivity contribution >= 4 is 62.3 Å². The van der Waals surface area contributed by atoms with Crippen LogP contribution in [0, 0.1) is 6.92 Å². The average Bonchev–Trinajstić information content (AvgIpc) is 3.47. The van der Waals surface area contributed by atoms with E-state index in [2.05, 4.69) is 5.32 Å². The molecule has 1 saturated carbocycles. The first-order valence-corrected chi connectivity index (χ1v) is 15.9. The summed E-state index contributed by atoms with van der Waals surface area (Å²) in [5.41, 5.74) is 1.42. The SMILES string of the molecule is Cc1c(Cl)cccc1N(CC(=O)N(Cc1ccc(Cl)c(Cl)c1)[C@H](C)C(=O)NC1CCCC1)S(=O)(=O)c1ccccc1. The number of carbonyl (C=O) groups excluding carboxylic acids is 2. The van der Waals surface area contributed by atoms with Crippen molar-refractivity contribution < 1.29 is 18.0 Å². The quantitative estimate of drug-likeness (QED) is 0.271. The van der Waals surface area contributed by atoms with E-state index in [1.54, 1.807) is 68.4 Å². The van der Waals surface area contributed by atoms with E-state index in [1.165, 1.54) is 17.0 Å². The van der Waals surface area contributed by atoms with Crippen LogP contribution < -0.4 is 9.62 Å². The molecule has 0 bridgehead atoms. The van der Waals surface area contributed by atoms with Crippen LogP contribution in [0.2, 0.25) is 15.1 Å². The average molecular weight is 637 g/mol. The number of nitrogens with zero attached hydrogens (tertiary/aromatic N) is 2. The van der Waals surface area contributed by atoms with Crippen LogP contribution in [0.3, 0.4) is 0 Å². The van der Waals surface area contributed by atoms with Crippen LogP contribution in [0.5, 0.6) is 0 Å². The molecule has 1 aliphatic carbocycles. The van der Waals surface area contributed by atoms with Gasteiger partial charge in [-0.2, -0.15) is 0 Å². The van der Waals surface area contributed by atoms with Gasteiger partial charge in [0.1, 0.15) is 12.6 Å². The summed E-state index contributed by atoms with van der Waals surface area (Å²) in [6.45, 7) is 2.80. The lowest BCUT2D eigenvalue weighted by molar-refractivity contribution is -0.139. The normalized spacial score (nSPS) is 14.5. The Morgan fingerprint density at radius 3 is 2.27 bits per heavy atom. The Kier molecular flexibility index (Phi) is 10.2. The summed E-state index contributed by atoms with van der Waals surface area (Å²) in [6, 6.07) is 16.9. The number of hydrogen-bond acceptors (Lipinski definition) is 4. The Bertz CT molecular complexity index is 1510. The van der Waals surface area contributed by atoms with Crippen LogP contribution in [-0.4, -0.2) is 43.8 Å². The van der Waals surface area contributed by atoms with Gasteiger partial charge in [0.05, 0.1) is 20.6 Å². The Labute approximate surface area is 256 Å². The molecule has 2 amide bonds. The second-order valence-corrected chi connectivity index (χ2v) is 13.2. The molecule has 1 N–H and O–H groups in total. The molecule has 0 saturated heterocycles. The second-order valence-electron chi connectivity index (χ2n) is 10.1. The summed E-state index contributed by atoms with van der Waals surface area (Å²) in [5.74, 6) is -0.870. The van der Waals surface area contributed by atoms with Crippen LogP contribution in [0.1, 0.15) is 43.7 Å². The van der Waals surface area contributed by atoms with E-state index in [0.29, 0.717) is 26.2 Å². The summed E-state index contributed by atoms with van der Waals surface area (Å²) in [7, 11) is -4.18. The van der Waals surface area contributed by atoms with E-state index in [-0.39, 0.29) is 29.1 Å². The summed E-state index contributed by atoms with van der Waals surface area (Å²) < 4.78 is 28.9. The van der Waals surface area contributed by atoms with E-state index in [4.69, 9.17) is 34.8 Å². The third-order valence-corrected chi connectivity index (χ3v) is 10.2. The number of benzene rings is 3. The standard InChI is InChI=1S/C30H32Cl3N3O4S/c1-20-25(31)13-8-14-28(20)36(41(39,40)24-11-4-3-5-12-24)19-29(37)35(18-22-15-16-26(32)27(33)17-22)21(2)30(38)34-23-9-6-7-10-23/h3-5,8,11-17,21,23H,6-7,9-10,18-19H2,1-2H3,(H,34,38)/t21-/m1/s1. The van der Waals surface area contributed by atoms with Gasteiger partial charge in [-0.3, -0.25) is 13.9 Å². The molecule has 41 heavy (non-hydrogen) atoms. The molecule has 3 aromatic rings. The fourth-order valence-electron chi connectivity index (χ4n) is 4.91. The third kappa shape index (κ3) is 7.36. The number of hydrogen-bond donors (Lipinski definition) is 1. The maximum Gasteiger partial charge on any atom is 0.264 e. The monoisotopic (exact) mass is 635 g/mol. The van der Waals surface area contributed by atoms with Crippen LogP contribution >= 0.6 is 34.8 Å². The topological polar surface area (TPSA) is 86.8 Å². The molecule has 1 aliphatic rings.